The number of aromatic amines is 1. The maximum Gasteiger partial charge on any atom is 0.333 e. The van der Waals surface area contributed by atoms with Crippen molar-refractivity contribution in [2.75, 3.05) is 6.54 Å². The fourth-order valence-corrected chi connectivity index (χ4v) is 1.97. The minimum Gasteiger partial charge on any atom is -0.351 e. The number of benzene rings is 1. The number of carbonyl (C=O) groups excluding carboxylic acids is 1. The van der Waals surface area contributed by atoms with Crippen LogP contribution in [0, 0.1) is 0 Å². The average Bonchev–Trinajstić information content (AvgIpc) is 2.47. The average molecular weight is 287 g/mol. The quantitative estimate of drug-likeness (QED) is 0.806. The van der Waals surface area contributed by atoms with Crippen LogP contribution in [0.2, 0.25) is 0 Å². The predicted molar refractivity (Wildman–Crippen MR) is 79.9 cm³/mol. The zero-order valence-corrected chi connectivity index (χ0v) is 11.8. The summed E-state index contributed by atoms with van der Waals surface area (Å²) in [6.07, 6.45) is 1.78. The zero-order valence-electron chi connectivity index (χ0n) is 11.8. The minimum atomic E-state index is -0.630. The molecule has 0 bridgehead atoms. The van der Waals surface area contributed by atoms with E-state index in [0.29, 0.717) is 12.2 Å². The molecule has 0 saturated heterocycles. The Morgan fingerprint density at radius 2 is 1.95 bits per heavy atom. The molecular weight excluding hydrogens is 270 g/mol. The summed E-state index contributed by atoms with van der Waals surface area (Å²) >= 11 is 0. The Kier molecular flexibility index (Phi) is 4.71. The van der Waals surface area contributed by atoms with Gasteiger partial charge in [0.2, 0.25) is 0 Å². The lowest BCUT2D eigenvalue weighted by Crippen LogP contribution is -2.36. The number of para-hydroxylation sites is 1. The highest BCUT2D eigenvalue weighted by atomic mass is 16.2. The molecule has 2 N–H and O–H groups in total. The third-order valence-electron chi connectivity index (χ3n) is 3.00. The van der Waals surface area contributed by atoms with Gasteiger partial charge in [-0.15, -0.1) is 0 Å². The highest BCUT2D eigenvalue weighted by molar-refractivity contribution is 5.93. The van der Waals surface area contributed by atoms with Gasteiger partial charge in [0.1, 0.15) is 5.69 Å². The van der Waals surface area contributed by atoms with Crippen LogP contribution in [0.15, 0.2) is 46.0 Å². The van der Waals surface area contributed by atoms with Gasteiger partial charge in [-0.1, -0.05) is 31.5 Å². The third-order valence-corrected chi connectivity index (χ3v) is 3.00. The van der Waals surface area contributed by atoms with Crippen molar-refractivity contribution in [2.45, 2.75) is 19.8 Å². The van der Waals surface area contributed by atoms with Crippen molar-refractivity contribution in [2.24, 2.45) is 0 Å². The molecule has 2 aromatic rings. The lowest BCUT2D eigenvalue weighted by Gasteiger charge is -2.11. The number of rotatable bonds is 5. The lowest BCUT2D eigenvalue weighted by atomic mass is 10.2. The Hall–Kier alpha value is -2.63. The molecule has 21 heavy (non-hydrogen) atoms. The van der Waals surface area contributed by atoms with E-state index in [-0.39, 0.29) is 5.69 Å². The number of unbranched alkanes of at least 4 members (excludes halogenated alkanes) is 1. The maximum absolute atomic E-state index is 12.2. The summed E-state index contributed by atoms with van der Waals surface area (Å²) in [5, 5.41) is 2.71. The summed E-state index contributed by atoms with van der Waals surface area (Å²) < 4.78 is 1.20. The molecule has 0 aliphatic rings. The summed E-state index contributed by atoms with van der Waals surface area (Å²) in [6.45, 7) is 2.52. The van der Waals surface area contributed by atoms with E-state index in [1.807, 2.05) is 6.92 Å². The fourth-order valence-electron chi connectivity index (χ4n) is 1.97. The van der Waals surface area contributed by atoms with Gasteiger partial charge in [-0.3, -0.25) is 19.1 Å². The molecule has 0 atom stereocenters. The van der Waals surface area contributed by atoms with E-state index in [9.17, 15) is 14.4 Å². The molecule has 0 unspecified atom stereocenters. The van der Waals surface area contributed by atoms with Crippen LogP contribution in [0.3, 0.4) is 0 Å². The highest BCUT2D eigenvalue weighted by Gasteiger charge is 2.14. The molecule has 1 aromatic carbocycles. The van der Waals surface area contributed by atoms with Crippen LogP contribution in [-0.4, -0.2) is 22.0 Å². The minimum absolute atomic E-state index is 0.0334. The van der Waals surface area contributed by atoms with Crippen LogP contribution < -0.4 is 16.6 Å². The largest absolute Gasteiger partial charge is 0.351 e. The van der Waals surface area contributed by atoms with Gasteiger partial charge in [-0.25, -0.2) is 4.79 Å². The van der Waals surface area contributed by atoms with Crippen molar-refractivity contribution in [3.8, 4) is 5.69 Å². The van der Waals surface area contributed by atoms with Crippen molar-refractivity contribution in [1.82, 2.24) is 14.9 Å². The number of hydrogen-bond donors (Lipinski definition) is 2. The molecule has 1 heterocycles. The SMILES string of the molecule is CCCCNC(=O)c1cc(=O)[nH]c(=O)n1-c1ccccc1. The first-order valence-electron chi connectivity index (χ1n) is 6.83. The summed E-state index contributed by atoms with van der Waals surface area (Å²) in [6, 6.07) is 9.85. The summed E-state index contributed by atoms with van der Waals surface area (Å²) in [4.78, 5) is 37.9. The second kappa shape index (κ2) is 6.69. The van der Waals surface area contributed by atoms with E-state index < -0.39 is 17.2 Å². The Bertz CT molecular complexity index is 732. The van der Waals surface area contributed by atoms with Gasteiger partial charge in [0, 0.05) is 12.6 Å². The first kappa shape index (κ1) is 14.8. The number of carbonyl (C=O) groups is 1. The molecule has 6 heteroatoms. The summed E-state index contributed by atoms with van der Waals surface area (Å²) in [7, 11) is 0. The van der Waals surface area contributed by atoms with Crippen LogP contribution in [-0.2, 0) is 0 Å². The van der Waals surface area contributed by atoms with Gasteiger partial charge in [-0.05, 0) is 18.6 Å². The van der Waals surface area contributed by atoms with E-state index in [0.717, 1.165) is 18.9 Å². The van der Waals surface area contributed by atoms with Gasteiger partial charge in [0.05, 0.1) is 5.69 Å². The van der Waals surface area contributed by atoms with Crippen molar-refractivity contribution >= 4 is 5.91 Å². The van der Waals surface area contributed by atoms with Crippen LogP contribution in [0.25, 0.3) is 5.69 Å². The van der Waals surface area contributed by atoms with Gasteiger partial charge < -0.3 is 5.32 Å². The first-order chi connectivity index (χ1) is 10.1. The normalized spacial score (nSPS) is 10.3. The summed E-state index contributed by atoms with van der Waals surface area (Å²) in [5.74, 6) is -0.435. The molecule has 0 aliphatic heterocycles. The molecule has 1 aromatic heterocycles. The monoisotopic (exact) mass is 287 g/mol. The predicted octanol–water partition coefficient (Wildman–Crippen LogP) is 1.06. The van der Waals surface area contributed by atoms with Crippen molar-refractivity contribution in [3.63, 3.8) is 0 Å². The molecule has 2 rings (SSSR count). The van der Waals surface area contributed by atoms with E-state index in [4.69, 9.17) is 0 Å². The second-order valence-electron chi connectivity index (χ2n) is 4.60. The van der Waals surface area contributed by atoms with Crippen molar-refractivity contribution in [3.05, 3.63) is 62.9 Å². The van der Waals surface area contributed by atoms with Crippen LogP contribution >= 0.6 is 0 Å². The Balaban J connectivity index is 2.47. The van der Waals surface area contributed by atoms with Crippen molar-refractivity contribution < 1.29 is 4.79 Å². The Morgan fingerprint density at radius 1 is 1.24 bits per heavy atom. The van der Waals surface area contributed by atoms with Crippen molar-refractivity contribution in [1.29, 1.82) is 0 Å². The molecule has 0 saturated carbocycles. The third kappa shape index (κ3) is 3.47. The van der Waals surface area contributed by atoms with Gasteiger partial charge in [-0.2, -0.15) is 0 Å². The Morgan fingerprint density at radius 3 is 2.62 bits per heavy atom. The summed E-state index contributed by atoms with van der Waals surface area (Å²) in [5.41, 5.74) is -0.660. The molecule has 0 radical (unpaired) electrons. The van der Waals surface area contributed by atoms with E-state index in [2.05, 4.69) is 10.3 Å². The van der Waals surface area contributed by atoms with Gasteiger partial charge >= 0.3 is 5.69 Å². The molecule has 1 amide bonds. The van der Waals surface area contributed by atoms with E-state index in [1.54, 1.807) is 30.3 Å². The first-order valence-corrected chi connectivity index (χ1v) is 6.83. The van der Waals surface area contributed by atoms with Crippen LogP contribution in [0.5, 0.6) is 0 Å². The lowest BCUT2D eigenvalue weighted by molar-refractivity contribution is 0.0945. The maximum atomic E-state index is 12.2. The number of H-pyrrole nitrogens is 1. The van der Waals surface area contributed by atoms with Gasteiger partial charge in [0.25, 0.3) is 11.5 Å². The Labute approximate surface area is 121 Å². The molecule has 0 spiro atoms. The van der Waals surface area contributed by atoms with Crippen LogP contribution in [0.4, 0.5) is 0 Å². The highest BCUT2D eigenvalue weighted by Crippen LogP contribution is 2.06. The molecule has 0 aliphatic carbocycles. The fraction of sp³-hybridized carbons (Fsp3) is 0.267. The number of amides is 1. The standard InChI is InChI=1S/C15H17N3O3/c1-2-3-9-16-14(20)12-10-13(19)17-15(21)18(12)11-7-5-4-6-8-11/h4-8,10H,2-3,9H2,1H3,(H,16,20)(H,17,19,21). The number of nitrogens with one attached hydrogen (secondary N) is 2. The van der Waals surface area contributed by atoms with Gasteiger partial charge in [0.15, 0.2) is 0 Å². The smallest absolute Gasteiger partial charge is 0.333 e. The number of nitrogens with zero attached hydrogens (tertiary/aromatic N) is 1. The number of aromatic nitrogens is 2. The molecule has 6 nitrogen and oxygen atoms in total. The van der Waals surface area contributed by atoms with E-state index >= 15 is 0 Å². The second-order valence-corrected chi connectivity index (χ2v) is 4.60. The van der Waals surface area contributed by atoms with Crippen LogP contribution in [0.1, 0.15) is 30.3 Å². The number of hydrogen-bond acceptors (Lipinski definition) is 3. The topological polar surface area (TPSA) is 84.0 Å². The molecule has 110 valence electrons. The molecular formula is C15H17N3O3. The zero-order chi connectivity index (χ0) is 15.2. The van der Waals surface area contributed by atoms with E-state index in [1.165, 1.54) is 4.57 Å². The molecule has 0 fully saturated rings.